The standard InChI is InChI=1S/C13H12FNO2/c14-12-4-11(6-15-7-12)9-17-13-3-1-2-10(5-13)8-16/h1-7,16H,8-9H2. The van der Waals surface area contributed by atoms with Gasteiger partial charge in [0.1, 0.15) is 18.2 Å². The summed E-state index contributed by atoms with van der Waals surface area (Å²) in [4.78, 5) is 3.74. The third kappa shape index (κ3) is 3.26. The lowest BCUT2D eigenvalue weighted by molar-refractivity contribution is 0.278. The molecule has 0 aliphatic carbocycles. The highest BCUT2D eigenvalue weighted by Crippen LogP contribution is 2.15. The first-order valence-corrected chi connectivity index (χ1v) is 5.20. The van der Waals surface area contributed by atoms with Gasteiger partial charge in [-0.3, -0.25) is 4.98 Å². The van der Waals surface area contributed by atoms with Crippen molar-refractivity contribution in [3.63, 3.8) is 0 Å². The lowest BCUT2D eigenvalue weighted by atomic mass is 10.2. The Kier molecular flexibility index (Phi) is 3.67. The van der Waals surface area contributed by atoms with Gasteiger partial charge in [-0.15, -0.1) is 0 Å². The van der Waals surface area contributed by atoms with Gasteiger partial charge in [-0.2, -0.15) is 0 Å². The maximum Gasteiger partial charge on any atom is 0.141 e. The molecule has 88 valence electrons. The fourth-order valence-electron chi connectivity index (χ4n) is 1.44. The summed E-state index contributed by atoms with van der Waals surface area (Å²) in [6.45, 7) is 0.221. The van der Waals surface area contributed by atoms with Gasteiger partial charge in [0.05, 0.1) is 12.8 Å². The maximum atomic E-state index is 12.9. The molecule has 0 amide bonds. The first-order valence-electron chi connectivity index (χ1n) is 5.20. The highest BCUT2D eigenvalue weighted by Gasteiger charge is 1.99. The molecule has 0 bridgehead atoms. The van der Waals surface area contributed by atoms with Crippen LogP contribution in [0, 0.1) is 5.82 Å². The number of ether oxygens (including phenoxy) is 1. The van der Waals surface area contributed by atoms with Gasteiger partial charge in [-0.1, -0.05) is 12.1 Å². The average molecular weight is 233 g/mol. The molecule has 0 atom stereocenters. The summed E-state index contributed by atoms with van der Waals surface area (Å²) in [6.07, 6.45) is 2.70. The van der Waals surface area contributed by atoms with Crippen molar-refractivity contribution in [1.82, 2.24) is 4.98 Å². The predicted octanol–water partition coefficient (Wildman–Crippen LogP) is 2.29. The minimum atomic E-state index is -0.379. The van der Waals surface area contributed by atoms with Crippen molar-refractivity contribution in [1.29, 1.82) is 0 Å². The van der Waals surface area contributed by atoms with Crippen LogP contribution in [0.15, 0.2) is 42.7 Å². The molecular weight excluding hydrogens is 221 g/mol. The van der Waals surface area contributed by atoms with Gasteiger partial charge >= 0.3 is 0 Å². The van der Waals surface area contributed by atoms with Crippen LogP contribution in [0.3, 0.4) is 0 Å². The number of aliphatic hydroxyl groups is 1. The first-order chi connectivity index (χ1) is 8.28. The minimum Gasteiger partial charge on any atom is -0.489 e. The summed E-state index contributed by atoms with van der Waals surface area (Å²) in [6, 6.07) is 8.50. The summed E-state index contributed by atoms with van der Waals surface area (Å²) in [5.74, 6) is 0.260. The van der Waals surface area contributed by atoms with Crippen LogP contribution in [-0.2, 0) is 13.2 Å². The molecule has 17 heavy (non-hydrogen) atoms. The number of rotatable bonds is 4. The lowest BCUT2D eigenvalue weighted by Gasteiger charge is -2.07. The van der Waals surface area contributed by atoms with Gasteiger partial charge in [0, 0.05) is 11.8 Å². The van der Waals surface area contributed by atoms with E-state index in [1.54, 1.807) is 30.5 Å². The van der Waals surface area contributed by atoms with E-state index >= 15 is 0 Å². The molecule has 0 saturated heterocycles. The lowest BCUT2D eigenvalue weighted by Crippen LogP contribution is -1.97. The number of nitrogens with zero attached hydrogens (tertiary/aromatic N) is 1. The topological polar surface area (TPSA) is 42.4 Å². The Labute approximate surface area is 98.5 Å². The van der Waals surface area contributed by atoms with Crippen LogP contribution in [0.2, 0.25) is 0 Å². The van der Waals surface area contributed by atoms with Crippen molar-refractivity contribution in [2.24, 2.45) is 0 Å². The predicted molar refractivity (Wildman–Crippen MR) is 60.9 cm³/mol. The fraction of sp³-hybridized carbons (Fsp3) is 0.154. The normalized spacial score (nSPS) is 10.2. The van der Waals surface area contributed by atoms with Gasteiger partial charge in [-0.25, -0.2) is 4.39 Å². The van der Waals surface area contributed by atoms with Crippen LogP contribution >= 0.6 is 0 Å². The first kappa shape index (κ1) is 11.5. The molecule has 0 aliphatic rings. The molecule has 1 aromatic heterocycles. The van der Waals surface area contributed by atoms with Gasteiger partial charge in [-0.05, 0) is 23.8 Å². The minimum absolute atomic E-state index is 0.0290. The molecule has 3 nitrogen and oxygen atoms in total. The molecule has 1 heterocycles. The van der Waals surface area contributed by atoms with E-state index in [0.717, 1.165) is 11.8 Å². The molecular formula is C13H12FNO2. The van der Waals surface area contributed by atoms with E-state index < -0.39 is 0 Å². The zero-order valence-electron chi connectivity index (χ0n) is 9.14. The van der Waals surface area contributed by atoms with Crippen LogP contribution < -0.4 is 4.74 Å². The maximum absolute atomic E-state index is 12.9. The van der Waals surface area contributed by atoms with Crippen LogP contribution in [0.25, 0.3) is 0 Å². The van der Waals surface area contributed by atoms with E-state index in [4.69, 9.17) is 9.84 Å². The Morgan fingerprint density at radius 3 is 2.82 bits per heavy atom. The van der Waals surface area contributed by atoms with Crippen molar-refractivity contribution in [3.8, 4) is 5.75 Å². The fourth-order valence-corrected chi connectivity index (χ4v) is 1.44. The number of benzene rings is 1. The SMILES string of the molecule is OCc1cccc(OCc2cncc(F)c2)c1. The second kappa shape index (κ2) is 5.41. The highest BCUT2D eigenvalue weighted by molar-refractivity contribution is 5.28. The number of aromatic nitrogens is 1. The monoisotopic (exact) mass is 233 g/mol. The number of aliphatic hydroxyl groups excluding tert-OH is 1. The van der Waals surface area contributed by atoms with E-state index in [1.807, 2.05) is 0 Å². The largest absolute Gasteiger partial charge is 0.489 e. The van der Waals surface area contributed by atoms with Crippen LogP contribution in [-0.4, -0.2) is 10.1 Å². The van der Waals surface area contributed by atoms with Gasteiger partial charge < -0.3 is 9.84 Å². The summed E-state index contributed by atoms with van der Waals surface area (Å²) in [5.41, 5.74) is 1.44. The van der Waals surface area contributed by atoms with Gasteiger partial charge in [0.15, 0.2) is 0 Å². The Morgan fingerprint density at radius 2 is 2.06 bits per heavy atom. The van der Waals surface area contributed by atoms with Crippen molar-refractivity contribution in [3.05, 3.63) is 59.7 Å². The van der Waals surface area contributed by atoms with E-state index in [-0.39, 0.29) is 19.0 Å². The summed E-state index contributed by atoms with van der Waals surface area (Å²) < 4.78 is 18.3. The van der Waals surface area contributed by atoms with Crippen molar-refractivity contribution < 1.29 is 14.2 Å². The van der Waals surface area contributed by atoms with Crippen molar-refractivity contribution >= 4 is 0 Å². The molecule has 2 rings (SSSR count). The zero-order chi connectivity index (χ0) is 12.1. The molecule has 0 unspecified atom stereocenters. The molecule has 1 aromatic carbocycles. The summed E-state index contributed by atoms with van der Waals surface area (Å²) >= 11 is 0. The number of halogens is 1. The average Bonchev–Trinajstić information content (AvgIpc) is 2.37. The molecule has 0 spiro atoms. The van der Waals surface area contributed by atoms with E-state index in [9.17, 15) is 4.39 Å². The second-order valence-electron chi connectivity index (χ2n) is 3.61. The number of hydrogen-bond acceptors (Lipinski definition) is 3. The van der Waals surface area contributed by atoms with Crippen molar-refractivity contribution in [2.75, 3.05) is 0 Å². The third-order valence-corrected chi connectivity index (χ3v) is 2.25. The summed E-state index contributed by atoms with van der Waals surface area (Å²) in [5, 5.41) is 8.97. The van der Waals surface area contributed by atoms with Crippen LogP contribution in [0.4, 0.5) is 4.39 Å². The summed E-state index contributed by atoms with van der Waals surface area (Å²) in [7, 11) is 0. The third-order valence-electron chi connectivity index (χ3n) is 2.25. The van der Waals surface area contributed by atoms with Gasteiger partial charge in [0.25, 0.3) is 0 Å². The number of pyridine rings is 1. The quantitative estimate of drug-likeness (QED) is 0.881. The zero-order valence-corrected chi connectivity index (χ0v) is 9.14. The van der Waals surface area contributed by atoms with E-state index in [0.29, 0.717) is 11.3 Å². The Hall–Kier alpha value is -1.94. The molecule has 0 fully saturated rings. The smallest absolute Gasteiger partial charge is 0.141 e. The van der Waals surface area contributed by atoms with Crippen LogP contribution in [0.5, 0.6) is 5.75 Å². The van der Waals surface area contributed by atoms with Gasteiger partial charge in [0.2, 0.25) is 0 Å². The second-order valence-corrected chi connectivity index (χ2v) is 3.61. The molecule has 0 radical (unpaired) electrons. The Morgan fingerprint density at radius 1 is 1.18 bits per heavy atom. The van der Waals surface area contributed by atoms with Crippen molar-refractivity contribution in [2.45, 2.75) is 13.2 Å². The van der Waals surface area contributed by atoms with Crippen LogP contribution in [0.1, 0.15) is 11.1 Å². The molecule has 0 aliphatic heterocycles. The molecule has 4 heteroatoms. The van der Waals surface area contributed by atoms with E-state index in [1.165, 1.54) is 6.07 Å². The van der Waals surface area contributed by atoms with E-state index in [2.05, 4.69) is 4.98 Å². The molecule has 2 aromatic rings. The Balaban J connectivity index is 2.02. The molecule has 1 N–H and O–H groups in total. The number of hydrogen-bond donors (Lipinski definition) is 1. The Bertz CT molecular complexity index is 502. The highest BCUT2D eigenvalue weighted by atomic mass is 19.1. The molecule has 0 saturated carbocycles.